The molecule has 0 spiro atoms. The Labute approximate surface area is 201 Å². The summed E-state index contributed by atoms with van der Waals surface area (Å²) in [5.74, 6) is -0.0429. The van der Waals surface area contributed by atoms with E-state index in [4.69, 9.17) is 23.2 Å². The third-order valence-corrected chi connectivity index (χ3v) is 8.17. The maximum Gasteiger partial charge on any atom is 0.263 e. The van der Waals surface area contributed by atoms with Crippen molar-refractivity contribution >= 4 is 61.3 Å². The maximum absolute atomic E-state index is 12.8. The Balaban J connectivity index is 0.00000306. The number of carbonyl (C=O) groups is 1. The molecule has 1 amide bonds. The molecule has 0 unspecified atom stereocenters. The Hall–Kier alpha value is -2.17. The van der Waals surface area contributed by atoms with Crippen LogP contribution in [-0.2, 0) is 21.2 Å². The molecule has 11 heteroatoms. The number of anilines is 2. The van der Waals surface area contributed by atoms with E-state index in [1.54, 1.807) is 28.5 Å². The Morgan fingerprint density at radius 1 is 1.19 bits per heavy atom. The molecule has 1 atom stereocenters. The van der Waals surface area contributed by atoms with Gasteiger partial charge in [-0.05, 0) is 55.3 Å². The van der Waals surface area contributed by atoms with Gasteiger partial charge in [-0.15, -0.1) is 11.3 Å². The number of hydrogen-bond acceptors (Lipinski definition) is 6. The zero-order valence-electron chi connectivity index (χ0n) is 16.8. The topological polar surface area (TPSA) is 91.4 Å². The molecule has 2 N–H and O–H groups in total. The average molecular weight is 513 g/mol. The van der Waals surface area contributed by atoms with Crippen molar-refractivity contribution in [3.05, 3.63) is 69.7 Å². The van der Waals surface area contributed by atoms with E-state index in [1.807, 2.05) is 12.1 Å². The summed E-state index contributed by atoms with van der Waals surface area (Å²) in [5.41, 5.74) is 1.59. The number of rotatable bonds is 8. The summed E-state index contributed by atoms with van der Waals surface area (Å²) < 4.78 is 27.4. The van der Waals surface area contributed by atoms with E-state index >= 15 is 0 Å². The quantitative estimate of drug-likeness (QED) is 0.465. The fourth-order valence-electron chi connectivity index (χ4n) is 3.50. The fourth-order valence-corrected chi connectivity index (χ4v) is 5.70. The van der Waals surface area contributed by atoms with Crippen LogP contribution in [0.1, 0.15) is 13.4 Å². The summed E-state index contributed by atoms with van der Waals surface area (Å²) in [7, 11) is -3.73. The van der Waals surface area contributed by atoms with Crippen LogP contribution in [0.3, 0.4) is 0 Å². The summed E-state index contributed by atoms with van der Waals surface area (Å²) in [5, 5.41) is 6.32. The summed E-state index contributed by atoms with van der Waals surface area (Å²) >= 11 is 13.5. The van der Waals surface area contributed by atoms with Crippen molar-refractivity contribution in [2.45, 2.75) is 23.8 Å². The second-order valence-electron chi connectivity index (χ2n) is 7.18. The van der Waals surface area contributed by atoms with Crippen LogP contribution in [-0.4, -0.2) is 38.4 Å². The molecule has 0 radical (unpaired) electrons. The molecule has 0 bridgehead atoms. The van der Waals surface area contributed by atoms with E-state index in [9.17, 15) is 13.2 Å². The van der Waals surface area contributed by atoms with Crippen LogP contribution in [0, 0.1) is 0 Å². The lowest BCUT2D eigenvalue weighted by Gasteiger charge is -2.18. The van der Waals surface area contributed by atoms with Gasteiger partial charge in [-0.2, -0.15) is 0 Å². The van der Waals surface area contributed by atoms with Gasteiger partial charge in [-0.3, -0.25) is 9.52 Å². The zero-order chi connectivity index (χ0) is 22.7. The number of nitrogens with zero attached hydrogens (tertiary/aromatic N) is 2. The van der Waals surface area contributed by atoms with Gasteiger partial charge in [-0.1, -0.05) is 35.3 Å². The molecule has 1 fully saturated rings. The lowest BCUT2D eigenvalue weighted by molar-refractivity contribution is -0.118. The van der Waals surface area contributed by atoms with E-state index in [2.05, 4.69) is 15.0 Å². The number of amides is 1. The highest BCUT2D eigenvalue weighted by Gasteiger charge is 2.32. The van der Waals surface area contributed by atoms with Crippen LogP contribution in [0.25, 0.3) is 0 Å². The van der Waals surface area contributed by atoms with Crippen molar-refractivity contribution in [2.75, 3.05) is 22.7 Å². The first-order valence-electron chi connectivity index (χ1n) is 9.85. The maximum atomic E-state index is 12.8. The molecule has 0 aliphatic carbocycles. The van der Waals surface area contributed by atoms with Gasteiger partial charge in [0.25, 0.3) is 10.0 Å². The van der Waals surface area contributed by atoms with Crippen molar-refractivity contribution in [3.63, 3.8) is 0 Å². The second-order valence-corrected chi connectivity index (χ2v) is 10.5. The molecule has 170 valence electrons. The van der Waals surface area contributed by atoms with Gasteiger partial charge in [0.05, 0.1) is 21.0 Å². The van der Waals surface area contributed by atoms with Gasteiger partial charge in [0.2, 0.25) is 5.91 Å². The van der Waals surface area contributed by atoms with E-state index in [1.165, 1.54) is 29.7 Å². The molecular formula is C21H22Cl2N4O3S2. The minimum absolute atomic E-state index is 0. The van der Waals surface area contributed by atoms with E-state index in [-0.39, 0.29) is 18.3 Å². The van der Waals surface area contributed by atoms with Gasteiger partial charge in [0.1, 0.15) is 0 Å². The predicted octanol–water partition coefficient (Wildman–Crippen LogP) is 4.43. The second kappa shape index (κ2) is 9.76. The minimum Gasteiger partial charge on any atom is -0.311 e. The highest BCUT2D eigenvalue weighted by Crippen LogP contribution is 2.27. The van der Waals surface area contributed by atoms with Crippen LogP contribution >= 0.6 is 34.5 Å². The lowest BCUT2D eigenvalue weighted by atomic mass is 10.1. The van der Waals surface area contributed by atoms with Gasteiger partial charge < -0.3 is 10.2 Å². The first-order chi connectivity index (χ1) is 15.3. The average Bonchev–Trinajstić information content (AvgIpc) is 3.41. The van der Waals surface area contributed by atoms with Crippen molar-refractivity contribution < 1.29 is 14.6 Å². The van der Waals surface area contributed by atoms with Gasteiger partial charge >= 0.3 is 0 Å². The molecular weight excluding hydrogens is 491 g/mol. The molecule has 3 aromatic rings. The number of aromatic nitrogens is 1. The normalized spacial score (nSPS) is 16.5. The lowest BCUT2D eigenvalue weighted by Crippen LogP contribution is -2.39. The molecule has 1 aliphatic rings. The molecule has 32 heavy (non-hydrogen) atoms. The number of thiazole rings is 1. The van der Waals surface area contributed by atoms with Crippen molar-refractivity contribution in [1.29, 1.82) is 0 Å². The van der Waals surface area contributed by atoms with E-state index < -0.39 is 10.0 Å². The zero-order valence-corrected chi connectivity index (χ0v) is 19.9. The first-order valence-corrected chi connectivity index (χ1v) is 13.0. The molecule has 0 saturated carbocycles. The summed E-state index contributed by atoms with van der Waals surface area (Å²) in [6.07, 6.45) is 2.84. The summed E-state index contributed by atoms with van der Waals surface area (Å²) in [4.78, 5) is 18.5. The van der Waals surface area contributed by atoms with E-state index in [0.717, 1.165) is 5.56 Å². The summed E-state index contributed by atoms with van der Waals surface area (Å²) in [6, 6.07) is 11.5. The van der Waals surface area contributed by atoms with Gasteiger partial charge in [-0.25, -0.2) is 13.4 Å². The van der Waals surface area contributed by atoms with Crippen LogP contribution in [0.2, 0.25) is 10.0 Å². The standard InChI is InChI=1S/C21H20Cl2N4O3S2.H2/c22-17-3-1-2-14(19(17)23)8-10-24-18-9-12-27(20(18)28)15-4-6-16(7-5-15)32(29,30)26-21-25-11-13-31-21;/h1-7,11,13,18,24H,8-10,12H2,(H,25,26);1H/t18-;/m0./s1. The SMILES string of the molecule is O=C1[C@@H](NCCc2cccc(Cl)c2Cl)CCN1c1ccc(S(=O)(=O)Nc2nccs2)cc1.[HH]. The molecule has 2 heterocycles. The van der Waals surface area contributed by atoms with Crippen molar-refractivity contribution in [3.8, 4) is 0 Å². The predicted molar refractivity (Wildman–Crippen MR) is 130 cm³/mol. The third-order valence-electron chi connectivity index (χ3n) is 5.13. The number of halogens is 2. The Bertz CT molecular complexity index is 1210. The largest absolute Gasteiger partial charge is 0.311 e. The number of sulfonamides is 1. The number of carbonyl (C=O) groups excluding carboxylic acids is 1. The smallest absolute Gasteiger partial charge is 0.263 e. The van der Waals surface area contributed by atoms with E-state index in [0.29, 0.717) is 46.8 Å². The fraction of sp³-hybridized carbons (Fsp3) is 0.238. The molecule has 1 aromatic heterocycles. The Kier molecular flexibility index (Phi) is 7.02. The Morgan fingerprint density at radius 3 is 2.69 bits per heavy atom. The Morgan fingerprint density at radius 2 is 1.97 bits per heavy atom. The summed E-state index contributed by atoms with van der Waals surface area (Å²) in [6.45, 7) is 1.14. The van der Waals surface area contributed by atoms with Crippen LogP contribution in [0.15, 0.2) is 58.9 Å². The van der Waals surface area contributed by atoms with Crippen molar-refractivity contribution in [1.82, 2.24) is 10.3 Å². The molecule has 4 rings (SSSR count). The van der Waals surface area contributed by atoms with Gasteiger partial charge in [0, 0.05) is 25.2 Å². The monoisotopic (exact) mass is 512 g/mol. The molecule has 7 nitrogen and oxygen atoms in total. The molecule has 1 aliphatic heterocycles. The molecule has 1 saturated heterocycles. The van der Waals surface area contributed by atoms with Crippen molar-refractivity contribution in [2.24, 2.45) is 0 Å². The third kappa shape index (κ3) is 5.07. The minimum atomic E-state index is -3.73. The van der Waals surface area contributed by atoms with Gasteiger partial charge in [0.15, 0.2) is 5.13 Å². The number of benzene rings is 2. The van der Waals surface area contributed by atoms with Crippen LogP contribution < -0.4 is 14.9 Å². The number of hydrogen-bond donors (Lipinski definition) is 2. The highest BCUT2D eigenvalue weighted by molar-refractivity contribution is 7.93. The highest BCUT2D eigenvalue weighted by atomic mass is 35.5. The van der Waals surface area contributed by atoms with Crippen LogP contribution in [0.5, 0.6) is 0 Å². The number of nitrogens with one attached hydrogen (secondary N) is 2. The molecule has 2 aromatic carbocycles. The van der Waals surface area contributed by atoms with Crippen LogP contribution in [0.4, 0.5) is 10.8 Å². The first kappa shape index (κ1) is 23.0.